The third-order valence-corrected chi connectivity index (χ3v) is 10.5. The van der Waals surface area contributed by atoms with E-state index in [4.69, 9.17) is 14.4 Å². The predicted octanol–water partition coefficient (Wildman–Crippen LogP) is 12.3. The van der Waals surface area contributed by atoms with Crippen LogP contribution >= 0.6 is 0 Å². The minimum atomic E-state index is 0. The molecule has 1 radical (unpaired) electrons. The molecule has 0 fully saturated rings. The van der Waals surface area contributed by atoms with E-state index in [-0.39, 0.29) is 43.5 Å². The van der Waals surface area contributed by atoms with Gasteiger partial charge < -0.3 is 9.52 Å². The molecule has 2 aromatic heterocycles. The molecule has 4 aromatic carbocycles. The van der Waals surface area contributed by atoms with Gasteiger partial charge in [0.05, 0.1) is 11.5 Å². The average Bonchev–Trinajstić information content (AvgIpc) is 3.55. The molecule has 1 aliphatic rings. The molecule has 0 aliphatic heterocycles. The quantitative estimate of drug-likeness (QED) is 0.0797. The van der Waals surface area contributed by atoms with Gasteiger partial charge in [-0.3, -0.25) is 9.78 Å². The van der Waals surface area contributed by atoms with E-state index in [9.17, 15) is 9.90 Å². The molecule has 6 aromatic rings. The van der Waals surface area contributed by atoms with E-state index >= 15 is 0 Å². The van der Waals surface area contributed by atoms with Crippen LogP contribution in [-0.2, 0) is 44.2 Å². The number of aliphatic hydroxyl groups is 1. The molecule has 0 saturated heterocycles. The fraction of sp³-hybridized carbons (Fsp3) is 0.340. The van der Waals surface area contributed by atoms with Gasteiger partial charge in [-0.15, -0.1) is 23.6 Å². The van der Waals surface area contributed by atoms with Crippen molar-refractivity contribution < 1.29 is 34.4 Å². The van der Waals surface area contributed by atoms with Crippen LogP contribution in [0, 0.1) is 23.8 Å². The summed E-state index contributed by atoms with van der Waals surface area (Å²) < 4.78 is 6.57. The first-order chi connectivity index (χ1) is 25.3. The Hall–Kier alpha value is -4.38. The van der Waals surface area contributed by atoms with E-state index in [1.165, 1.54) is 33.7 Å². The molecule has 6 heteroatoms. The van der Waals surface area contributed by atoms with Crippen molar-refractivity contribution >= 4 is 27.7 Å². The molecule has 53 heavy (non-hydrogen) atoms. The van der Waals surface area contributed by atoms with Gasteiger partial charge in [-0.2, -0.15) is 0 Å². The van der Waals surface area contributed by atoms with Crippen LogP contribution in [0.5, 0.6) is 0 Å². The normalized spacial score (nSPS) is 12.4. The van der Waals surface area contributed by atoms with Gasteiger partial charge in [0, 0.05) is 50.0 Å². The minimum Gasteiger partial charge on any atom is -0.512 e. The van der Waals surface area contributed by atoms with Crippen LogP contribution in [0.15, 0.2) is 101 Å². The van der Waals surface area contributed by atoms with Crippen molar-refractivity contribution in [2.75, 3.05) is 0 Å². The van der Waals surface area contributed by atoms with Crippen LogP contribution in [-0.4, -0.2) is 20.9 Å². The van der Waals surface area contributed by atoms with Crippen molar-refractivity contribution in [3.8, 4) is 33.5 Å². The number of hydrogen-bond donors (Lipinski definition) is 1. The van der Waals surface area contributed by atoms with E-state index < -0.39 is 0 Å². The smallest absolute Gasteiger partial charge is 0.162 e. The van der Waals surface area contributed by atoms with Gasteiger partial charge >= 0.3 is 0 Å². The third kappa shape index (κ3) is 8.56. The molecule has 0 bridgehead atoms. The second-order valence-electron chi connectivity index (χ2n) is 14.3. The van der Waals surface area contributed by atoms with E-state index in [2.05, 4.69) is 92.7 Å². The number of carbonyl (C=O) groups is 1. The molecular weight excluding hydrogens is 833 g/mol. The number of rotatable bonds is 11. The first-order valence-corrected chi connectivity index (χ1v) is 19.1. The maximum atomic E-state index is 11.7. The topological polar surface area (TPSA) is 76.2 Å². The number of fused-ring (bicyclic) bond motifs is 6. The zero-order chi connectivity index (χ0) is 36.8. The second kappa shape index (κ2) is 18.1. The van der Waals surface area contributed by atoms with Crippen LogP contribution in [0.1, 0.15) is 84.1 Å². The number of aliphatic hydroxyl groups excluding tert-OH is 1. The molecule has 0 spiro atoms. The van der Waals surface area contributed by atoms with Crippen molar-refractivity contribution in [2.24, 2.45) is 17.8 Å². The molecule has 2 heterocycles. The zero-order valence-electron chi connectivity index (χ0n) is 31.8. The predicted molar refractivity (Wildman–Crippen MR) is 214 cm³/mol. The molecule has 7 rings (SSSR count). The van der Waals surface area contributed by atoms with Crippen LogP contribution < -0.4 is 0 Å². The monoisotopic (exact) mass is 884 g/mol. The SMILES string of the molecule is CC(C)Cc1cccc2c1CCc1oc3c(-c4[c-]c5ccccc5c(-c5ccccc5)c4)ncnc3c1-2.CCC(CC)C(=O)/C=C(\O)C(CC)CC.[Ir]. The number of hydrogen-bond acceptors (Lipinski definition) is 5. The summed E-state index contributed by atoms with van der Waals surface area (Å²) in [5.74, 6) is 2.17. The minimum absolute atomic E-state index is 0. The number of aryl methyl sites for hydroxylation is 1. The molecule has 5 nitrogen and oxygen atoms in total. The van der Waals surface area contributed by atoms with E-state index in [0.29, 0.717) is 5.92 Å². The Morgan fingerprint density at radius 3 is 2.25 bits per heavy atom. The molecule has 1 aliphatic carbocycles. The number of furan rings is 1. The Morgan fingerprint density at radius 1 is 0.849 bits per heavy atom. The summed E-state index contributed by atoms with van der Waals surface area (Å²) in [7, 11) is 0. The van der Waals surface area contributed by atoms with Gasteiger partial charge in [0.25, 0.3) is 0 Å². The summed E-state index contributed by atoms with van der Waals surface area (Å²) in [5, 5.41) is 12.0. The molecule has 0 atom stereocenters. The molecule has 277 valence electrons. The molecule has 0 amide bonds. The number of aromatic nitrogens is 2. The summed E-state index contributed by atoms with van der Waals surface area (Å²) in [6.07, 6.45) is 9.54. The summed E-state index contributed by atoms with van der Waals surface area (Å²) in [5.41, 5.74) is 11.0. The van der Waals surface area contributed by atoms with Crippen molar-refractivity contribution in [3.05, 3.63) is 120 Å². The second-order valence-corrected chi connectivity index (χ2v) is 14.3. The van der Waals surface area contributed by atoms with Crippen LogP contribution in [0.4, 0.5) is 0 Å². The van der Waals surface area contributed by atoms with Crippen LogP contribution in [0.25, 0.3) is 55.4 Å². The Morgan fingerprint density at radius 2 is 1.55 bits per heavy atom. The fourth-order valence-corrected chi connectivity index (χ4v) is 7.63. The standard InChI is InChI=1S/C34H27N2O.C13H24O2.Ir/c1-21(2)17-23-12-8-14-28-27(23)15-16-30-31(28)33-34(37-30)32(35-20-36-33)25-18-24-11-6-7-13-26(24)29(19-25)22-9-4-3-5-10-22;1-5-10(6-2)12(14)9-13(15)11(7-3)8-4;/h3-14,19-21H,15-17H2,1-2H3;9-11,14H,5-8H2,1-4H3;/q-1;;/b;12-9-;. The van der Waals surface area contributed by atoms with Gasteiger partial charge in [-0.25, -0.2) is 4.98 Å². The Bertz CT molecular complexity index is 2190. The average molecular weight is 884 g/mol. The van der Waals surface area contributed by atoms with Crippen molar-refractivity contribution in [3.63, 3.8) is 0 Å². The van der Waals surface area contributed by atoms with Crippen LogP contribution in [0.3, 0.4) is 0 Å². The summed E-state index contributed by atoms with van der Waals surface area (Å²) in [4.78, 5) is 21.2. The van der Waals surface area contributed by atoms with Gasteiger partial charge in [0.15, 0.2) is 5.78 Å². The van der Waals surface area contributed by atoms with Crippen molar-refractivity contribution in [2.45, 2.75) is 86.5 Å². The maximum Gasteiger partial charge on any atom is 0.162 e. The summed E-state index contributed by atoms with van der Waals surface area (Å²) in [6, 6.07) is 31.4. The van der Waals surface area contributed by atoms with E-state index in [1.807, 2.05) is 33.8 Å². The third-order valence-electron chi connectivity index (χ3n) is 10.5. The first-order valence-electron chi connectivity index (χ1n) is 19.1. The van der Waals surface area contributed by atoms with Crippen molar-refractivity contribution in [1.82, 2.24) is 9.97 Å². The largest absolute Gasteiger partial charge is 0.512 e. The first kappa shape index (κ1) is 39.8. The van der Waals surface area contributed by atoms with Gasteiger partial charge in [-0.05, 0) is 66.7 Å². The number of ketones is 1. The van der Waals surface area contributed by atoms with E-state index in [0.717, 1.165) is 89.6 Å². The molecular formula is C47H51IrN2O3-. The Balaban J connectivity index is 0.000000290. The van der Waals surface area contributed by atoms with Gasteiger partial charge in [0.2, 0.25) is 0 Å². The Kier molecular flexibility index (Phi) is 13.6. The van der Waals surface area contributed by atoms with Crippen molar-refractivity contribution in [1.29, 1.82) is 0 Å². The van der Waals surface area contributed by atoms with E-state index in [1.54, 1.807) is 6.33 Å². The molecule has 0 unspecified atom stereocenters. The summed E-state index contributed by atoms with van der Waals surface area (Å²) >= 11 is 0. The number of carbonyl (C=O) groups excluding carboxylic acids is 1. The number of nitrogens with zero attached hydrogens (tertiary/aromatic N) is 2. The molecule has 1 N–H and O–H groups in total. The maximum absolute atomic E-state index is 11.7. The van der Waals surface area contributed by atoms with Gasteiger partial charge in [-0.1, -0.05) is 125 Å². The number of allylic oxidation sites excluding steroid dienone is 2. The summed E-state index contributed by atoms with van der Waals surface area (Å²) in [6.45, 7) is 12.6. The zero-order valence-corrected chi connectivity index (χ0v) is 34.2. The van der Waals surface area contributed by atoms with Crippen LogP contribution in [0.2, 0.25) is 0 Å². The van der Waals surface area contributed by atoms with Gasteiger partial charge in [0.1, 0.15) is 23.2 Å². The Labute approximate surface area is 328 Å². The fourth-order valence-electron chi connectivity index (χ4n) is 7.63. The number of benzene rings is 4. The molecule has 0 saturated carbocycles.